The van der Waals surface area contributed by atoms with Crippen LogP contribution in [0.3, 0.4) is 0 Å². The minimum atomic E-state index is -0.329. The Morgan fingerprint density at radius 3 is 2.70 bits per heavy atom. The van der Waals surface area contributed by atoms with Gasteiger partial charge < -0.3 is 10.2 Å². The zero-order valence-corrected chi connectivity index (χ0v) is 15.9. The van der Waals surface area contributed by atoms with Gasteiger partial charge in [-0.25, -0.2) is 0 Å². The van der Waals surface area contributed by atoms with Gasteiger partial charge in [-0.2, -0.15) is 0 Å². The van der Waals surface area contributed by atoms with E-state index in [1.165, 1.54) is 28.7 Å². The first kappa shape index (κ1) is 17.1. The summed E-state index contributed by atoms with van der Waals surface area (Å²) in [6, 6.07) is 16.4. The Kier molecular flexibility index (Phi) is 3.94. The highest BCUT2D eigenvalue weighted by Gasteiger charge is 2.56. The van der Waals surface area contributed by atoms with Gasteiger partial charge in [0.2, 0.25) is 0 Å². The maximum Gasteiger partial charge on any atom is 0.115 e. The van der Waals surface area contributed by atoms with Crippen molar-refractivity contribution in [3.63, 3.8) is 0 Å². The van der Waals surface area contributed by atoms with Crippen molar-refractivity contribution in [1.29, 1.82) is 0 Å². The van der Waals surface area contributed by atoms with Gasteiger partial charge in [0.25, 0.3) is 0 Å². The predicted octanol–water partition coefficient (Wildman–Crippen LogP) is 5.30. The van der Waals surface area contributed by atoms with Crippen LogP contribution in [0.1, 0.15) is 55.2 Å². The van der Waals surface area contributed by atoms with E-state index in [9.17, 15) is 10.2 Å². The maximum absolute atomic E-state index is 11.2. The molecule has 0 radical (unpaired) electrons. The highest BCUT2D eigenvalue weighted by molar-refractivity contribution is 5.55. The van der Waals surface area contributed by atoms with E-state index in [1.54, 1.807) is 0 Å². The molecule has 0 spiro atoms. The standard InChI is InChI=1S/C25H28O2/c1-25-12-11-21-20-10-8-19(26)14-17(20)7-9-22(21)23(25)15-18(24(25)27)13-16-5-3-2-4-6-16/h2-6,8,10,13-14,21-24,26-27H,7,9,11-12,15H2,1H3/b18-13+/t21?,22?,23?,24-,25-/m0/s1. The molecule has 0 aromatic heterocycles. The van der Waals surface area contributed by atoms with Gasteiger partial charge in [-0.05, 0) is 84.3 Å². The lowest BCUT2D eigenvalue weighted by molar-refractivity contribution is -0.0158. The van der Waals surface area contributed by atoms with Crippen LogP contribution in [0.5, 0.6) is 5.75 Å². The first-order valence-corrected chi connectivity index (χ1v) is 10.3. The van der Waals surface area contributed by atoms with E-state index in [1.807, 2.05) is 18.2 Å². The SMILES string of the molecule is C[C@]12CCC3c4ccc(O)cc4CCC3C1C/C(=C\c1ccccc1)[C@@H]2O. The molecule has 2 N–H and O–H groups in total. The normalized spacial score (nSPS) is 36.1. The average Bonchev–Trinajstić information content (AvgIpc) is 2.93. The molecule has 0 amide bonds. The van der Waals surface area contributed by atoms with Crippen molar-refractivity contribution in [2.75, 3.05) is 0 Å². The Bertz CT molecular complexity index is 884. The summed E-state index contributed by atoms with van der Waals surface area (Å²) in [7, 11) is 0. The average molecular weight is 360 g/mol. The van der Waals surface area contributed by atoms with E-state index in [-0.39, 0.29) is 11.5 Å². The monoisotopic (exact) mass is 360 g/mol. The van der Waals surface area contributed by atoms with Crippen LogP contribution in [0.15, 0.2) is 54.1 Å². The molecule has 2 heteroatoms. The van der Waals surface area contributed by atoms with E-state index < -0.39 is 0 Å². The topological polar surface area (TPSA) is 40.5 Å². The van der Waals surface area contributed by atoms with Crippen molar-refractivity contribution in [3.05, 3.63) is 70.8 Å². The number of hydrogen-bond acceptors (Lipinski definition) is 2. The largest absolute Gasteiger partial charge is 0.508 e. The predicted molar refractivity (Wildman–Crippen MR) is 109 cm³/mol. The lowest BCUT2D eigenvalue weighted by Gasteiger charge is -2.49. The summed E-state index contributed by atoms with van der Waals surface area (Å²) in [6.45, 7) is 2.32. The zero-order chi connectivity index (χ0) is 18.6. The van der Waals surface area contributed by atoms with Crippen molar-refractivity contribution in [3.8, 4) is 5.75 Å². The molecular formula is C25H28O2. The summed E-state index contributed by atoms with van der Waals surface area (Å²) in [5.41, 5.74) is 5.18. The van der Waals surface area contributed by atoms with Gasteiger partial charge in [-0.1, -0.05) is 49.4 Å². The molecule has 0 aliphatic heterocycles. The van der Waals surface area contributed by atoms with Crippen LogP contribution < -0.4 is 0 Å². The minimum absolute atomic E-state index is 0.00377. The molecule has 5 rings (SSSR count). The van der Waals surface area contributed by atoms with Crippen LogP contribution in [0, 0.1) is 17.3 Å². The third kappa shape index (κ3) is 2.65. The van der Waals surface area contributed by atoms with Gasteiger partial charge in [-0.3, -0.25) is 0 Å². The molecule has 0 bridgehead atoms. The first-order chi connectivity index (χ1) is 13.1. The molecule has 2 fully saturated rings. The third-order valence-electron chi connectivity index (χ3n) is 7.73. The van der Waals surface area contributed by atoms with Gasteiger partial charge >= 0.3 is 0 Å². The Morgan fingerprint density at radius 2 is 1.89 bits per heavy atom. The lowest BCUT2D eigenvalue weighted by atomic mass is 9.55. The van der Waals surface area contributed by atoms with Crippen molar-refractivity contribution < 1.29 is 10.2 Å². The van der Waals surface area contributed by atoms with Gasteiger partial charge in [0, 0.05) is 5.41 Å². The summed E-state index contributed by atoms with van der Waals surface area (Å²) in [5.74, 6) is 2.15. The van der Waals surface area contributed by atoms with Crippen LogP contribution in [0.2, 0.25) is 0 Å². The fraction of sp³-hybridized carbons (Fsp3) is 0.440. The fourth-order valence-corrected chi connectivity index (χ4v) is 6.33. The number of fused-ring (bicyclic) bond motifs is 5. The number of aromatic hydroxyl groups is 1. The zero-order valence-electron chi connectivity index (χ0n) is 15.9. The molecule has 3 aliphatic carbocycles. The van der Waals surface area contributed by atoms with E-state index in [4.69, 9.17) is 0 Å². The quantitative estimate of drug-likeness (QED) is 0.724. The number of rotatable bonds is 1. The minimum Gasteiger partial charge on any atom is -0.508 e. The molecule has 3 unspecified atom stereocenters. The summed E-state index contributed by atoms with van der Waals surface area (Å²) >= 11 is 0. The van der Waals surface area contributed by atoms with Crippen molar-refractivity contribution in [1.82, 2.24) is 0 Å². The van der Waals surface area contributed by atoms with Crippen molar-refractivity contribution in [2.45, 2.75) is 51.0 Å². The van der Waals surface area contributed by atoms with Crippen molar-refractivity contribution in [2.24, 2.45) is 17.3 Å². The van der Waals surface area contributed by atoms with E-state index in [2.05, 4.69) is 43.3 Å². The van der Waals surface area contributed by atoms with E-state index >= 15 is 0 Å². The fourth-order valence-electron chi connectivity index (χ4n) is 6.33. The Hall–Kier alpha value is -2.06. The molecule has 140 valence electrons. The number of phenolic OH excluding ortho intramolecular Hbond substituents is 1. The summed E-state index contributed by atoms with van der Waals surface area (Å²) in [4.78, 5) is 0. The smallest absolute Gasteiger partial charge is 0.115 e. The highest BCUT2D eigenvalue weighted by Crippen LogP contribution is 2.62. The van der Waals surface area contributed by atoms with Crippen LogP contribution in [0.4, 0.5) is 0 Å². The number of hydrogen-bond donors (Lipinski definition) is 2. The highest BCUT2D eigenvalue weighted by atomic mass is 16.3. The molecule has 2 aromatic carbocycles. The summed E-state index contributed by atoms with van der Waals surface area (Å²) in [6.07, 6.45) is 7.35. The Labute approximate surface area is 161 Å². The van der Waals surface area contributed by atoms with Gasteiger partial charge in [0.05, 0.1) is 6.10 Å². The van der Waals surface area contributed by atoms with Gasteiger partial charge in [0.15, 0.2) is 0 Å². The lowest BCUT2D eigenvalue weighted by Crippen LogP contribution is -2.44. The van der Waals surface area contributed by atoms with Crippen molar-refractivity contribution >= 4 is 6.08 Å². The molecule has 2 saturated carbocycles. The van der Waals surface area contributed by atoms with Gasteiger partial charge in [0.1, 0.15) is 5.75 Å². The third-order valence-corrected chi connectivity index (χ3v) is 7.73. The van der Waals surface area contributed by atoms with Crippen LogP contribution >= 0.6 is 0 Å². The van der Waals surface area contributed by atoms with E-state index in [0.717, 1.165) is 25.7 Å². The van der Waals surface area contributed by atoms with Crippen LogP contribution in [0.25, 0.3) is 6.08 Å². The second kappa shape index (κ2) is 6.24. The Balaban J connectivity index is 1.49. The number of aliphatic hydroxyl groups is 1. The number of aliphatic hydroxyl groups excluding tert-OH is 1. The molecule has 0 heterocycles. The summed E-state index contributed by atoms with van der Waals surface area (Å²) < 4.78 is 0. The maximum atomic E-state index is 11.2. The second-order valence-corrected chi connectivity index (χ2v) is 9.08. The van der Waals surface area contributed by atoms with Gasteiger partial charge in [-0.15, -0.1) is 0 Å². The number of phenols is 1. The molecule has 0 saturated heterocycles. The van der Waals surface area contributed by atoms with E-state index in [0.29, 0.717) is 23.5 Å². The second-order valence-electron chi connectivity index (χ2n) is 9.08. The molecular weight excluding hydrogens is 332 g/mol. The molecule has 3 aliphatic rings. The summed E-state index contributed by atoms with van der Waals surface area (Å²) in [5, 5.41) is 21.1. The molecule has 27 heavy (non-hydrogen) atoms. The van der Waals surface area contributed by atoms with Crippen LogP contribution in [-0.4, -0.2) is 16.3 Å². The Morgan fingerprint density at radius 1 is 1.07 bits per heavy atom. The molecule has 2 aromatic rings. The number of aryl methyl sites for hydroxylation is 1. The number of benzene rings is 2. The van der Waals surface area contributed by atoms with Crippen LogP contribution in [-0.2, 0) is 6.42 Å². The molecule has 2 nitrogen and oxygen atoms in total. The first-order valence-electron chi connectivity index (χ1n) is 10.3. The molecule has 5 atom stereocenters.